The number of ketones is 1. The van der Waals surface area contributed by atoms with Crippen LogP contribution in [0.2, 0.25) is 0 Å². The minimum atomic E-state index is -0.838. The fraction of sp³-hybridized carbons (Fsp3) is 0.588. The fourth-order valence-corrected chi connectivity index (χ4v) is 2.89. The number of carbonyl (C=O) groups is 1. The Bertz CT molecular complexity index is 438. The van der Waals surface area contributed by atoms with E-state index in [2.05, 4.69) is 6.92 Å². The summed E-state index contributed by atoms with van der Waals surface area (Å²) >= 11 is 0. The number of aliphatic hydroxyl groups is 2. The van der Waals surface area contributed by atoms with E-state index in [0.29, 0.717) is 18.6 Å². The van der Waals surface area contributed by atoms with Crippen LogP contribution < -0.4 is 0 Å². The second-order valence-electron chi connectivity index (χ2n) is 5.73. The molecule has 1 aliphatic carbocycles. The van der Waals surface area contributed by atoms with Gasteiger partial charge in [-0.3, -0.25) is 4.79 Å². The maximum atomic E-state index is 11.7. The molecule has 0 spiro atoms. The molecule has 20 heavy (non-hydrogen) atoms. The van der Waals surface area contributed by atoms with Crippen LogP contribution in [-0.4, -0.2) is 22.1 Å². The van der Waals surface area contributed by atoms with E-state index in [4.69, 9.17) is 0 Å². The highest BCUT2D eigenvalue weighted by atomic mass is 16.3. The second-order valence-corrected chi connectivity index (χ2v) is 5.73. The lowest BCUT2D eigenvalue weighted by molar-refractivity contribution is -0.118. The molecule has 110 valence electrons. The molecule has 3 atom stereocenters. The van der Waals surface area contributed by atoms with E-state index < -0.39 is 12.2 Å². The maximum absolute atomic E-state index is 11.7. The van der Waals surface area contributed by atoms with Crippen molar-refractivity contribution in [2.75, 3.05) is 0 Å². The standard InChI is InChI=1S/C17H24O3/c1-2-3-6-16(19)17(20)13-10-8-12(9-11-13)14-5-4-7-15(14)18/h8-11,14,16-17,19-20H,2-7H2,1H3/t14-,16?,17?/m0/s1. The zero-order valence-corrected chi connectivity index (χ0v) is 12.1. The molecule has 1 aromatic carbocycles. The van der Waals surface area contributed by atoms with E-state index in [1.165, 1.54) is 0 Å². The Morgan fingerprint density at radius 3 is 2.50 bits per heavy atom. The normalized spacial score (nSPS) is 21.9. The summed E-state index contributed by atoms with van der Waals surface area (Å²) in [6, 6.07) is 7.50. The highest BCUT2D eigenvalue weighted by molar-refractivity contribution is 5.87. The second kappa shape index (κ2) is 7.00. The van der Waals surface area contributed by atoms with Crippen LogP contribution in [0.1, 0.15) is 68.6 Å². The Labute approximate surface area is 120 Å². The van der Waals surface area contributed by atoms with Crippen molar-refractivity contribution in [3.63, 3.8) is 0 Å². The van der Waals surface area contributed by atoms with E-state index in [-0.39, 0.29) is 5.92 Å². The van der Waals surface area contributed by atoms with Gasteiger partial charge in [-0.15, -0.1) is 0 Å². The van der Waals surface area contributed by atoms with Gasteiger partial charge in [-0.05, 0) is 30.4 Å². The van der Waals surface area contributed by atoms with Gasteiger partial charge < -0.3 is 10.2 Å². The molecule has 2 N–H and O–H groups in total. The van der Waals surface area contributed by atoms with Crippen LogP contribution in [0.5, 0.6) is 0 Å². The average Bonchev–Trinajstić information content (AvgIpc) is 2.90. The Balaban J connectivity index is 2.02. The molecule has 2 unspecified atom stereocenters. The van der Waals surface area contributed by atoms with Crippen LogP contribution in [0, 0.1) is 0 Å². The number of aliphatic hydroxyl groups excluding tert-OH is 2. The van der Waals surface area contributed by atoms with Crippen molar-refractivity contribution in [3.05, 3.63) is 35.4 Å². The van der Waals surface area contributed by atoms with Crippen molar-refractivity contribution < 1.29 is 15.0 Å². The lowest BCUT2D eigenvalue weighted by Gasteiger charge is -2.18. The van der Waals surface area contributed by atoms with Crippen molar-refractivity contribution in [3.8, 4) is 0 Å². The van der Waals surface area contributed by atoms with Crippen LogP contribution in [-0.2, 0) is 4.79 Å². The maximum Gasteiger partial charge on any atom is 0.140 e. The number of hydrogen-bond acceptors (Lipinski definition) is 3. The van der Waals surface area contributed by atoms with Gasteiger partial charge in [0.05, 0.1) is 6.10 Å². The van der Waals surface area contributed by atoms with E-state index in [9.17, 15) is 15.0 Å². The van der Waals surface area contributed by atoms with Gasteiger partial charge in [-0.25, -0.2) is 0 Å². The van der Waals surface area contributed by atoms with Gasteiger partial charge in [-0.1, -0.05) is 44.0 Å². The van der Waals surface area contributed by atoms with Gasteiger partial charge in [0.25, 0.3) is 0 Å². The van der Waals surface area contributed by atoms with Gasteiger partial charge in [0.15, 0.2) is 0 Å². The quantitative estimate of drug-likeness (QED) is 0.839. The molecule has 0 saturated heterocycles. The summed E-state index contributed by atoms with van der Waals surface area (Å²) in [5, 5.41) is 20.0. The Hall–Kier alpha value is -1.19. The van der Waals surface area contributed by atoms with Crippen molar-refractivity contribution in [2.45, 2.75) is 63.6 Å². The molecule has 0 bridgehead atoms. The van der Waals surface area contributed by atoms with Crippen LogP contribution in [0.4, 0.5) is 0 Å². The molecule has 1 aliphatic rings. The number of Topliss-reactive ketones (excluding diaryl/α,β-unsaturated/α-hetero) is 1. The molecular weight excluding hydrogens is 252 g/mol. The summed E-state index contributed by atoms with van der Waals surface area (Å²) in [7, 11) is 0. The smallest absolute Gasteiger partial charge is 0.140 e. The topological polar surface area (TPSA) is 57.5 Å². The van der Waals surface area contributed by atoms with Gasteiger partial charge in [0.1, 0.15) is 11.9 Å². The molecule has 3 heteroatoms. The van der Waals surface area contributed by atoms with E-state index >= 15 is 0 Å². The van der Waals surface area contributed by atoms with Gasteiger partial charge >= 0.3 is 0 Å². The third-order valence-corrected chi connectivity index (χ3v) is 4.20. The zero-order chi connectivity index (χ0) is 14.5. The van der Waals surface area contributed by atoms with Crippen molar-refractivity contribution in [1.82, 2.24) is 0 Å². The molecule has 0 amide bonds. The van der Waals surface area contributed by atoms with Gasteiger partial charge in [0, 0.05) is 12.3 Å². The average molecular weight is 276 g/mol. The number of benzene rings is 1. The highest BCUT2D eigenvalue weighted by Gasteiger charge is 2.26. The third kappa shape index (κ3) is 3.47. The zero-order valence-electron chi connectivity index (χ0n) is 12.1. The van der Waals surface area contributed by atoms with Crippen LogP contribution in [0.15, 0.2) is 24.3 Å². The molecule has 1 fully saturated rings. The summed E-state index contributed by atoms with van der Waals surface area (Å²) < 4.78 is 0. The third-order valence-electron chi connectivity index (χ3n) is 4.20. The fourth-order valence-electron chi connectivity index (χ4n) is 2.89. The van der Waals surface area contributed by atoms with Gasteiger partial charge in [-0.2, -0.15) is 0 Å². The Morgan fingerprint density at radius 1 is 1.25 bits per heavy atom. The number of rotatable bonds is 6. The summed E-state index contributed by atoms with van der Waals surface area (Å²) in [5.41, 5.74) is 1.76. The first-order chi connectivity index (χ1) is 9.63. The Kier molecular flexibility index (Phi) is 5.32. The van der Waals surface area contributed by atoms with E-state index in [1.54, 1.807) is 0 Å². The minimum absolute atomic E-state index is 0.0335. The summed E-state index contributed by atoms with van der Waals surface area (Å²) in [6.45, 7) is 2.06. The molecule has 0 aromatic heterocycles. The van der Waals surface area contributed by atoms with E-state index in [0.717, 1.165) is 36.8 Å². The predicted molar refractivity (Wildman–Crippen MR) is 78.5 cm³/mol. The van der Waals surface area contributed by atoms with Gasteiger partial charge in [0.2, 0.25) is 0 Å². The molecule has 1 aromatic rings. The molecule has 0 heterocycles. The molecule has 1 saturated carbocycles. The van der Waals surface area contributed by atoms with E-state index in [1.807, 2.05) is 24.3 Å². The van der Waals surface area contributed by atoms with Crippen LogP contribution >= 0.6 is 0 Å². The number of carbonyl (C=O) groups excluding carboxylic acids is 1. The van der Waals surface area contributed by atoms with Crippen molar-refractivity contribution in [2.24, 2.45) is 0 Å². The predicted octanol–water partition coefficient (Wildman–Crippen LogP) is 3.11. The number of hydrogen-bond donors (Lipinski definition) is 2. The summed E-state index contributed by atoms with van der Waals surface area (Å²) in [5.74, 6) is 0.354. The Morgan fingerprint density at radius 2 is 1.95 bits per heavy atom. The highest BCUT2D eigenvalue weighted by Crippen LogP contribution is 2.32. The molecule has 3 nitrogen and oxygen atoms in total. The monoisotopic (exact) mass is 276 g/mol. The SMILES string of the molecule is CCCCC(O)C(O)c1ccc([C@@H]2CCCC2=O)cc1. The first-order valence-electron chi connectivity index (χ1n) is 7.62. The minimum Gasteiger partial charge on any atom is -0.390 e. The summed E-state index contributed by atoms with van der Waals surface area (Å²) in [4.78, 5) is 11.7. The first kappa shape index (κ1) is 15.2. The van der Waals surface area contributed by atoms with Crippen molar-refractivity contribution in [1.29, 1.82) is 0 Å². The van der Waals surface area contributed by atoms with Crippen LogP contribution in [0.25, 0.3) is 0 Å². The number of unbranched alkanes of at least 4 members (excludes halogenated alkanes) is 1. The molecule has 0 aliphatic heterocycles. The van der Waals surface area contributed by atoms with Crippen molar-refractivity contribution >= 4 is 5.78 Å². The molecule has 2 rings (SSSR count). The van der Waals surface area contributed by atoms with Crippen LogP contribution in [0.3, 0.4) is 0 Å². The first-order valence-corrected chi connectivity index (χ1v) is 7.62. The summed E-state index contributed by atoms with van der Waals surface area (Å²) in [6.07, 6.45) is 3.57. The molecule has 0 radical (unpaired) electrons. The lowest BCUT2D eigenvalue weighted by Crippen LogP contribution is -2.18. The largest absolute Gasteiger partial charge is 0.390 e. The lowest BCUT2D eigenvalue weighted by atomic mass is 9.93. The molecular formula is C17H24O3.